The molecule has 5 heteroatoms. The molecule has 0 radical (unpaired) electrons. The molecule has 0 aromatic heterocycles. The lowest BCUT2D eigenvalue weighted by Crippen LogP contribution is -2.39. The van der Waals surface area contributed by atoms with Gasteiger partial charge in [-0.15, -0.1) is 0 Å². The second-order valence-corrected chi connectivity index (χ2v) is 3.11. The van der Waals surface area contributed by atoms with E-state index in [0.717, 1.165) is 11.3 Å². The summed E-state index contributed by atoms with van der Waals surface area (Å²) in [6.07, 6.45) is 0.633. The number of hydrogen-bond acceptors (Lipinski definition) is 4. The molecular weight excluding hydrogens is 174 g/mol. The van der Waals surface area contributed by atoms with Gasteiger partial charge in [0, 0.05) is 6.61 Å². The van der Waals surface area contributed by atoms with Gasteiger partial charge in [0.1, 0.15) is 12.7 Å². The summed E-state index contributed by atoms with van der Waals surface area (Å²) in [6, 6.07) is 0. The molecule has 2 aliphatic rings. The molecule has 1 atom stereocenters. The third-order valence-corrected chi connectivity index (χ3v) is 2.23. The minimum absolute atomic E-state index is 0.250. The summed E-state index contributed by atoms with van der Waals surface area (Å²) in [5, 5.41) is 0. The van der Waals surface area contributed by atoms with Crippen molar-refractivity contribution >= 4 is 12.0 Å². The first-order valence-corrected chi connectivity index (χ1v) is 4.39. The van der Waals surface area contributed by atoms with Gasteiger partial charge in [-0.3, -0.25) is 4.79 Å². The molecule has 5 nitrogen and oxygen atoms in total. The summed E-state index contributed by atoms with van der Waals surface area (Å²) in [4.78, 5) is 23.7. The third kappa shape index (κ3) is 1.51. The Kier molecular flexibility index (Phi) is 2.18. The zero-order valence-electron chi connectivity index (χ0n) is 7.19. The van der Waals surface area contributed by atoms with Crippen molar-refractivity contribution in [3.8, 4) is 0 Å². The van der Waals surface area contributed by atoms with Crippen LogP contribution >= 0.6 is 0 Å². The minimum atomic E-state index is -0.541. The molecular formula is C8H11NO4. The Labute approximate surface area is 75.6 Å². The number of carbonyl (C=O) groups is 2. The normalized spacial score (nSPS) is 27.8. The Hall–Kier alpha value is -1.10. The van der Waals surface area contributed by atoms with Crippen LogP contribution in [-0.4, -0.2) is 42.8 Å². The van der Waals surface area contributed by atoms with Gasteiger partial charge in [0.15, 0.2) is 0 Å². The van der Waals surface area contributed by atoms with Crippen molar-refractivity contribution in [1.82, 2.24) is 4.90 Å². The molecule has 1 unspecified atom stereocenters. The van der Waals surface area contributed by atoms with Gasteiger partial charge in [-0.05, 0) is 12.8 Å². The van der Waals surface area contributed by atoms with E-state index in [4.69, 9.17) is 4.74 Å². The van der Waals surface area contributed by atoms with Crippen molar-refractivity contribution in [3.05, 3.63) is 0 Å². The highest BCUT2D eigenvalue weighted by atomic mass is 16.6. The van der Waals surface area contributed by atoms with E-state index < -0.39 is 12.2 Å². The topological polar surface area (TPSA) is 55.8 Å². The number of rotatable bonds is 1. The first kappa shape index (κ1) is 8.50. The zero-order chi connectivity index (χ0) is 9.26. The second-order valence-electron chi connectivity index (χ2n) is 3.11. The molecule has 2 aliphatic heterocycles. The van der Waals surface area contributed by atoms with Crippen LogP contribution in [0.3, 0.4) is 0 Å². The second kappa shape index (κ2) is 3.33. The summed E-state index contributed by atoms with van der Waals surface area (Å²) >= 11 is 0. The standard InChI is InChI=1S/C8H11NO4/c10-7(6-2-1-4-12-6)9-3-5-13-8(9)11/h6H,1-5H2. The minimum Gasteiger partial charge on any atom is -0.447 e. The van der Waals surface area contributed by atoms with Crippen LogP contribution in [0.1, 0.15) is 12.8 Å². The number of ether oxygens (including phenoxy) is 2. The molecule has 13 heavy (non-hydrogen) atoms. The van der Waals surface area contributed by atoms with Crippen LogP contribution in [0, 0.1) is 0 Å². The fourth-order valence-electron chi connectivity index (χ4n) is 1.54. The fourth-order valence-corrected chi connectivity index (χ4v) is 1.54. The molecule has 2 fully saturated rings. The maximum Gasteiger partial charge on any atom is 0.416 e. The highest BCUT2D eigenvalue weighted by Crippen LogP contribution is 2.16. The fraction of sp³-hybridized carbons (Fsp3) is 0.750. The number of hydrogen-bond donors (Lipinski definition) is 0. The summed E-state index contributed by atoms with van der Waals surface area (Å²) in [6.45, 7) is 1.27. The molecule has 2 rings (SSSR count). The van der Waals surface area contributed by atoms with Crippen molar-refractivity contribution in [2.24, 2.45) is 0 Å². The van der Waals surface area contributed by atoms with Crippen molar-refractivity contribution in [2.75, 3.05) is 19.8 Å². The Bertz CT molecular complexity index is 234. The van der Waals surface area contributed by atoms with Gasteiger partial charge >= 0.3 is 6.09 Å². The molecule has 72 valence electrons. The number of amides is 2. The summed E-state index contributed by atoms with van der Waals surface area (Å²) in [7, 11) is 0. The summed E-state index contributed by atoms with van der Waals surface area (Å²) in [5.74, 6) is -0.250. The summed E-state index contributed by atoms with van der Waals surface area (Å²) < 4.78 is 9.83. The lowest BCUT2D eigenvalue weighted by molar-refractivity contribution is -0.137. The molecule has 0 aromatic carbocycles. The molecule has 0 saturated carbocycles. The van der Waals surface area contributed by atoms with Crippen molar-refractivity contribution in [2.45, 2.75) is 18.9 Å². The van der Waals surface area contributed by atoms with E-state index in [2.05, 4.69) is 4.74 Å². The van der Waals surface area contributed by atoms with E-state index in [1.165, 1.54) is 0 Å². The Morgan fingerprint density at radius 3 is 2.85 bits per heavy atom. The number of cyclic esters (lactones) is 1. The largest absolute Gasteiger partial charge is 0.447 e. The van der Waals surface area contributed by atoms with Gasteiger partial charge < -0.3 is 9.47 Å². The van der Waals surface area contributed by atoms with E-state index >= 15 is 0 Å². The average Bonchev–Trinajstić information content (AvgIpc) is 2.72. The maximum atomic E-state index is 11.6. The van der Waals surface area contributed by atoms with E-state index in [9.17, 15) is 9.59 Å². The lowest BCUT2D eigenvalue weighted by Gasteiger charge is -2.14. The van der Waals surface area contributed by atoms with Crippen LogP contribution in [0.25, 0.3) is 0 Å². The van der Waals surface area contributed by atoms with E-state index in [0.29, 0.717) is 26.2 Å². The van der Waals surface area contributed by atoms with Crippen molar-refractivity contribution in [1.29, 1.82) is 0 Å². The SMILES string of the molecule is O=C1OCCN1C(=O)C1CCCO1. The summed E-state index contributed by atoms with van der Waals surface area (Å²) in [5.41, 5.74) is 0. The van der Waals surface area contributed by atoms with Gasteiger partial charge in [-0.2, -0.15) is 0 Å². The molecule has 2 amide bonds. The molecule has 0 aromatic rings. The van der Waals surface area contributed by atoms with Gasteiger partial charge in [-0.25, -0.2) is 9.69 Å². The van der Waals surface area contributed by atoms with Gasteiger partial charge in [0.05, 0.1) is 6.54 Å². The highest BCUT2D eigenvalue weighted by molar-refractivity contribution is 5.95. The highest BCUT2D eigenvalue weighted by Gasteiger charge is 2.35. The average molecular weight is 185 g/mol. The molecule has 0 spiro atoms. The Morgan fingerprint density at radius 1 is 1.46 bits per heavy atom. The third-order valence-electron chi connectivity index (χ3n) is 2.23. The molecule has 2 heterocycles. The van der Waals surface area contributed by atoms with E-state index in [1.807, 2.05) is 0 Å². The molecule has 0 aliphatic carbocycles. The van der Waals surface area contributed by atoms with Gasteiger partial charge in [0.25, 0.3) is 5.91 Å². The zero-order valence-corrected chi connectivity index (χ0v) is 7.19. The Balaban J connectivity index is 1.99. The molecule has 0 N–H and O–H groups in total. The lowest BCUT2D eigenvalue weighted by atomic mass is 10.2. The number of carbonyl (C=O) groups excluding carboxylic acids is 2. The molecule has 0 bridgehead atoms. The molecule has 2 saturated heterocycles. The van der Waals surface area contributed by atoms with Crippen molar-refractivity contribution in [3.63, 3.8) is 0 Å². The Morgan fingerprint density at radius 2 is 2.31 bits per heavy atom. The van der Waals surface area contributed by atoms with Crippen LogP contribution in [-0.2, 0) is 14.3 Å². The maximum absolute atomic E-state index is 11.6. The first-order chi connectivity index (χ1) is 6.29. The van der Waals surface area contributed by atoms with Crippen LogP contribution in [0.2, 0.25) is 0 Å². The van der Waals surface area contributed by atoms with Gasteiger partial charge in [-0.1, -0.05) is 0 Å². The van der Waals surface area contributed by atoms with Gasteiger partial charge in [0.2, 0.25) is 0 Å². The van der Waals surface area contributed by atoms with Crippen LogP contribution in [0.15, 0.2) is 0 Å². The number of nitrogens with zero attached hydrogens (tertiary/aromatic N) is 1. The number of imide groups is 1. The predicted octanol–water partition coefficient (Wildman–Crippen LogP) is 0.144. The first-order valence-electron chi connectivity index (χ1n) is 4.39. The smallest absolute Gasteiger partial charge is 0.416 e. The van der Waals surface area contributed by atoms with Crippen LogP contribution in [0.4, 0.5) is 4.79 Å². The van der Waals surface area contributed by atoms with Crippen molar-refractivity contribution < 1.29 is 19.1 Å². The monoisotopic (exact) mass is 185 g/mol. The van der Waals surface area contributed by atoms with Crippen LogP contribution < -0.4 is 0 Å². The van der Waals surface area contributed by atoms with E-state index in [1.54, 1.807) is 0 Å². The quantitative estimate of drug-likeness (QED) is 0.583. The van der Waals surface area contributed by atoms with Crippen LogP contribution in [0.5, 0.6) is 0 Å². The van der Waals surface area contributed by atoms with E-state index in [-0.39, 0.29) is 5.91 Å². The predicted molar refractivity (Wildman–Crippen MR) is 42.0 cm³/mol.